The van der Waals surface area contributed by atoms with E-state index in [1.807, 2.05) is 0 Å². The van der Waals surface area contributed by atoms with E-state index in [2.05, 4.69) is 25.9 Å². The Morgan fingerprint density at radius 1 is 1.55 bits per heavy atom. The molecule has 1 aromatic heterocycles. The van der Waals surface area contributed by atoms with Crippen LogP contribution >= 0.6 is 0 Å². The number of rotatable bonds is 1. The number of aromatic amines is 1. The molecule has 6 heteroatoms. The summed E-state index contributed by atoms with van der Waals surface area (Å²) in [6.07, 6.45) is 2.33. The standard InChI is InChI=1S/C5H9N5.Na.H/c1-2-4(6-3-1)5-7-9-10-8-5;;/h4,6H,1-3H2,(H,7,8,9,10);;/q;+1;-1. The van der Waals surface area contributed by atoms with Crippen molar-refractivity contribution in [1.29, 1.82) is 0 Å². The summed E-state index contributed by atoms with van der Waals surface area (Å²) >= 11 is 0. The van der Waals surface area contributed by atoms with Crippen LogP contribution in [-0.2, 0) is 0 Å². The zero-order valence-electron chi connectivity index (χ0n) is 7.54. The number of hydrogen-bond acceptors (Lipinski definition) is 4. The van der Waals surface area contributed by atoms with Crippen molar-refractivity contribution in [3.63, 3.8) is 0 Å². The molecule has 2 rings (SSSR count). The van der Waals surface area contributed by atoms with Crippen molar-refractivity contribution >= 4 is 0 Å². The van der Waals surface area contributed by atoms with Gasteiger partial charge in [-0.3, -0.25) is 0 Å². The summed E-state index contributed by atoms with van der Waals surface area (Å²) in [7, 11) is 0. The van der Waals surface area contributed by atoms with Gasteiger partial charge in [0.2, 0.25) is 0 Å². The molecule has 0 aliphatic carbocycles. The smallest absolute Gasteiger partial charge is 1.00 e. The van der Waals surface area contributed by atoms with Crippen molar-refractivity contribution in [2.75, 3.05) is 6.54 Å². The van der Waals surface area contributed by atoms with Gasteiger partial charge in [-0.1, -0.05) is 5.21 Å². The molecule has 0 saturated carbocycles. The second kappa shape index (κ2) is 4.15. The molecule has 56 valence electrons. The average molecular weight is 163 g/mol. The third-order valence-corrected chi connectivity index (χ3v) is 1.73. The normalized spacial score (nSPS) is 23.1. The van der Waals surface area contributed by atoms with E-state index in [0.717, 1.165) is 18.8 Å². The van der Waals surface area contributed by atoms with Gasteiger partial charge >= 0.3 is 29.6 Å². The molecule has 1 unspecified atom stereocenters. The molecule has 0 amide bonds. The van der Waals surface area contributed by atoms with Gasteiger partial charge in [0.25, 0.3) is 0 Å². The number of hydrogen-bond donors (Lipinski definition) is 2. The second-order valence-electron chi connectivity index (χ2n) is 2.42. The van der Waals surface area contributed by atoms with Gasteiger partial charge < -0.3 is 6.74 Å². The fourth-order valence-electron chi connectivity index (χ4n) is 1.22. The molecule has 1 fully saturated rings. The molecule has 5 nitrogen and oxygen atoms in total. The van der Waals surface area contributed by atoms with E-state index in [1.54, 1.807) is 0 Å². The summed E-state index contributed by atoms with van der Waals surface area (Å²) in [4.78, 5) is 0. The van der Waals surface area contributed by atoms with Gasteiger partial charge in [0, 0.05) is 0 Å². The molecule has 1 saturated heterocycles. The van der Waals surface area contributed by atoms with Crippen molar-refractivity contribution < 1.29 is 31.0 Å². The predicted molar refractivity (Wildman–Crippen MR) is 35.3 cm³/mol. The average Bonchev–Trinajstić information content (AvgIpc) is 2.59. The first-order valence-corrected chi connectivity index (χ1v) is 3.43. The number of nitrogens with zero attached hydrogens (tertiary/aromatic N) is 3. The second-order valence-corrected chi connectivity index (χ2v) is 2.42. The van der Waals surface area contributed by atoms with Crippen LogP contribution in [0.3, 0.4) is 0 Å². The number of tetrazole rings is 1. The van der Waals surface area contributed by atoms with Crippen LogP contribution in [0.5, 0.6) is 0 Å². The first kappa shape index (κ1) is 9.12. The molecule has 0 radical (unpaired) electrons. The van der Waals surface area contributed by atoms with Crippen LogP contribution < -0.4 is 34.9 Å². The summed E-state index contributed by atoms with van der Waals surface area (Å²) in [5.41, 5.74) is 0. The largest absolute Gasteiger partial charge is 1.00 e. The quantitative estimate of drug-likeness (QED) is 0.426. The van der Waals surface area contributed by atoms with Crippen molar-refractivity contribution in [2.45, 2.75) is 18.9 Å². The summed E-state index contributed by atoms with van der Waals surface area (Å²) in [6, 6.07) is 0.332. The summed E-state index contributed by atoms with van der Waals surface area (Å²) < 4.78 is 0. The zero-order valence-corrected chi connectivity index (χ0v) is 8.54. The number of H-pyrrole nitrogens is 1. The Labute approximate surface area is 88.1 Å². The van der Waals surface area contributed by atoms with E-state index < -0.39 is 0 Å². The van der Waals surface area contributed by atoms with E-state index in [0.29, 0.717) is 6.04 Å². The molecule has 11 heavy (non-hydrogen) atoms. The molecule has 0 aromatic carbocycles. The van der Waals surface area contributed by atoms with Gasteiger partial charge in [0.05, 0.1) is 6.04 Å². The van der Waals surface area contributed by atoms with Crippen LogP contribution in [0, 0.1) is 0 Å². The SMILES string of the molecule is C1CNC(c2nn[nH]n2)C1.[H-].[Na+]. The first-order chi connectivity index (χ1) is 4.97. The van der Waals surface area contributed by atoms with Crippen molar-refractivity contribution in [2.24, 2.45) is 0 Å². The van der Waals surface area contributed by atoms with Crippen molar-refractivity contribution in [3.8, 4) is 0 Å². The van der Waals surface area contributed by atoms with E-state index in [1.165, 1.54) is 6.42 Å². The van der Waals surface area contributed by atoms with Crippen molar-refractivity contribution in [1.82, 2.24) is 25.9 Å². The molecule has 1 aliphatic rings. The summed E-state index contributed by atoms with van der Waals surface area (Å²) in [6.45, 7) is 1.07. The van der Waals surface area contributed by atoms with Gasteiger partial charge in [-0.25, -0.2) is 0 Å². The Bertz CT molecular complexity index is 198. The van der Waals surface area contributed by atoms with Crippen LogP contribution in [0.15, 0.2) is 0 Å². The maximum absolute atomic E-state index is 3.89. The molecule has 2 heterocycles. The maximum Gasteiger partial charge on any atom is 1.00 e. The monoisotopic (exact) mass is 163 g/mol. The molecule has 1 atom stereocenters. The van der Waals surface area contributed by atoms with E-state index in [9.17, 15) is 0 Å². The van der Waals surface area contributed by atoms with E-state index in [-0.39, 0.29) is 31.0 Å². The van der Waals surface area contributed by atoms with Crippen molar-refractivity contribution in [3.05, 3.63) is 5.82 Å². The van der Waals surface area contributed by atoms with Gasteiger partial charge in [-0.15, -0.1) is 10.2 Å². The van der Waals surface area contributed by atoms with Gasteiger partial charge in [0.15, 0.2) is 5.82 Å². The Morgan fingerprint density at radius 3 is 3.00 bits per heavy atom. The third kappa shape index (κ3) is 1.99. The molecular formula is C5H10N5Na. The van der Waals surface area contributed by atoms with Crippen LogP contribution in [0.4, 0.5) is 0 Å². The molecule has 1 aliphatic heterocycles. The maximum atomic E-state index is 3.89. The Hall–Kier alpha value is 0.0300. The third-order valence-electron chi connectivity index (χ3n) is 1.73. The first-order valence-electron chi connectivity index (χ1n) is 3.43. The fraction of sp³-hybridized carbons (Fsp3) is 0.800. The Kier molecular flexibility index (Phi) is 3.45. The molecular weight excluding hydrogens is 153 g/mol. The van der Waals surface area contributed by atoms with Gasteiger partial charge in [0.1, 0.15) is 0 Å². The van der Waals surface area contributed by atoms with E-state index in [4.69, 9.17) is 0 Å². The summed E-state index contributed by atoms with van der Waals surface area (Å²) in [5, 5.41) is 17.0. The minimum atomic E-state index is 0. The topological polar surface area (TPSA) is 66.5 Å². The van der Waals surface area contributed by atoms with Crippen LogP contribution in [0.1, 0.15) is 26.1 Å². The number of aromatic nitrogens is 4. The minimum Gasteiger partial charge on any atom is -1.00 e. The molecule has 0 bridgehead atoms. The van der Waals surface area contributed by atoms with Crippen LogP contribution in [-0.4, -0.2) is 27.2 Å². The Morgan fingerprint density at radius 2 is 2.45 bits per heavy atom. The zero-order chi connectivity index (χ0) is 6.81. The van der Waals surface area contributed by atoms with Crippen LogP contribution in [0.25, 0.3) is 0 Å². The minimum absolute atomic E-state index is 0. The Balaban J connectivity index is 0.000000605. The predicted octanol–water partition coefficient (Wildman–Crippen LogP) is -3.26. The van der Waals surface area contributed by atoms with E-state index >= 15 is 0 Å². The fourth-order valence-corrected chi connectivity index (χ4v) is 1.22. The summed E-state index contributed by atoms with van der Waals surface area (Å²) in [5.74, 6) is 0.789. The molecule has 2 N–H and O–H groups in total. The van der Waals surface area contributed by atoms with Gasteiger partial charge in [-0.05, 0) is 19.4 Å². The van der Waals surface area contributed by atoms with Gasteiger partial charge in [-0.2, -0.15) is 5.21 Å². The van der Waals surface area contributed by atoms with Crippen LogP contribution in [0.2, 0.25) is 0 Å². The number of nitrogens with one attached hydrogen (secondary N) is 2. The molecule has 1 aromatic rings. The molecule has 0 spiro atoms.